The zero-order valence-electron chi connectivity index (χ0n) is 13.4. The molecule has 0 N–H and O–H groups in total. The van der Waals surface area contributed by atoms with Gasteiger partial charge in [0.1, 0.15) is 5.69 Å². The predicted molar refractivity (Wildman–Crippen MR) is 86.4 cm³/mol. The van der Waals surface area contributed by atoms with Crippen LogP contribution >= 0.6 is 0 Å². The van der Waals surface area contributed by atoms with Gasteiger partial charge in [0.05, 0.1) is 31.5 Å². The first-order valence-corrected chi connectivity index (χ1v) is 8.02. The molecule has 1 amide bonds. The summed E-state index contributed by atoms with van der Waals surface area (Å²) in [5.74, 6) is -1.99. The summed E-state index contributed by atoms with van der Waals surface area (Å²) in [5, 5.41) is 0. The number of amides is 1. The Bertz CT molecular complexity index is 926. The summed E-state index contributed by atoms with van der Waals surface area (Å²) in [4.78, 5) is 14.6. The maximum atomic E-state index is 14.1. The van der Waals surface area contributed by atoms with E-state index in [4.69, 9.17) is 9.15 Å². The van der Waals surface area contributed by atoms with Gasteiger partial charge in [-0.25, -0.2) is 8.78 Å². The average molecular weight is 346 g/mol. The molecule has 2 aromatic heterocycles. The van der Waals surface area contributed by atoms with Crippen LogP contribution < -0.4 is 0 Å². The Labute approximate surface area is 142 Å². The molecule has 0 saturated carbocycles. The molecule has 7 heteroatoms. The Hall–Kier alpha value is -2.67. The number of ether oxygens (including phenoxy) is 1. The topological polar surface area (TPSA) is 47.6 Å². The summed E-state index contributed by atoms with van der Waals surface area (Å²) in [7, 11) is 0. The van der Waals surface area contributed by atoms with Crippen molar-refractivity contribution in [1.29, 1.82) is 0 Å². The normalized spacial score (nSPS) is 15.0. The number of carbonyl (C=O) groups is 1. The fourth-order valence-corrected chi connectivity index (χ4v) is 3.09. The van der Waals surface area contributed by atoms with E-state index in [2.05, 4.69) is 0 Å². The Morgan fingerprint density at radius 1 is 1.16 bits per heavy atom. The number of nitrogens with zero attached hydrogens (tertiary/aromatic N) is 2. The standard InChI is InChI=1S/C18H16F2N2O3/c19-13-3-1-2-12(17(13)20)11-22-14-4-7-25-16(14)10-15(22)18(23)21-5-8-24-9-6-21/h1-4,7,10H,5-6,8-9,11H2. The number of aromatic nitrogens is 1. The molecule has 130 valence electrons. The lowest BCUT2D eigenvalue weighted by molar-refractivity contribution is 0.0296. The molecule has 4 rings (SSSR count). The monoisotopic (exact) mass is 346 g/mol. The van der Waals surface area contributed by atoms with Gasteiger partial charge in [-0.05, 0) is 6.07 Å². The highest BCUT2D eigenvalue weighted by molar-refractivity contribution is 5.97. The third kappa shape index (κ3) is 2.80. The van der Waals surface area contributed by atoms with Crippen molar-refractivity contribution in [1.82, 2.24) is 9.47 Å². The van der Waals surface area contributed by atoms with Crippen LogP contribution in [0.2, 0.25) is 0 Å². The second-order valence-corrected chi connectivity index (χ2v) is 5.90. The van der Waals surface area contributed by atoms with E-state index in [1.54, 1.807) is 21.6 Å². The lowest BCUT2D eigenvalue weighted by Crippen LogP contribution is -2.41. The van der Waals surface area contributed by atoms with Gasteiger partial charge < -0.3 is 18.6 Å². The Kier molecular flexibility index (Phi) is 4.01. The van der Waals surface area contributed by atoms with E-state index in [1.807, 2.05) is 0 Å². The van der Waals surface area contributed by atoms with Gasteiger partial charge in [0.15, 0.2) is 17.2 Å². The zero-order chi connectivity index (χ0) is 17.4. The van der Waals surface area contributed by atoms with E-state index >= 15 is 0 Å². The predicted octanol–water partition coefficient (Wildman–Crippen LogP) is 3.03. The lowest BCUT2D eigenvalue weighted by Gasteiger charge is -2.27. The molecule has 0 spiro atoms. The maximum Gasteiger partial charge on any atom is 0.270 e. The number of hydrogen-bond donors (Lipinski definition) is 0. The summed E-state index contributed by atoms with van der Waals surface area (Å²) < 4.78 is 39.9. The number of fused-ring (bicyclic) bond motifs is 1. The minimum atomic E-state index is -0.908. The van der Waals surface area contributed by atoms with Crippen LogP contribution in [0.5, 0.6) is 0 Å². The summed E-state index contributed by atoms with van der Waals surface area (Å²) in [6.07, 6.45) is 1.51. The van der Waals surface area contributed by atoms with E-state index in [-0.39, 0.29) is 18.0 Å². The molecule has 3 aromatic rings. The van der Waals surface area contributed by atoms with Crippen molar-refractivity contribution in [3.63, 3.8) is 0 Å². The highest BCUT2D eigenvalue weighted by Gasteiger charge is 2.24. The SMILES string of the molecule is O=C(c1cc2occc2n1Cc1cccc(F)c1F)N1CCOCC1. The molecule has 5 nitrogen and oxygen atoms in total. The molecule has 0 aliphatic carbocycles. The van der Waals surface area contributed by atoms with E-state index < -0.39 is 11.6 Å². The van der Waals surface area contributed by atoms with Crippen LogP contribution in [0, 0.1) is 11.6 Å². The number of carbonyl (C=O) groups excluding carboxylic acids is 1. The van der Waals surface area contributed by atoms with Gasteiger partial charge in [-0.15, -0.1) is 0 Å². The lowest BCUT2D eigenvalue weighted by atomic mass is 10.2. The molecule has 0 bridgehead atoms. The number of hydrogen-bond acceptors (Lipinski definition) is 3. The summed E-state index contributed by atoms with van der Waals surface area (Å²) in [5.41, 5.74) is 1.77. The molecule has 3 heterocycles. The molecule has 1 aromatic carbocycles. The molecule has 0 unspecified atom stereocenters. The van der Waals surface area contributed by atoms with Gasteiger partial charge in [0.25, 0.3) is 5.91 Å². The van der Waals surface area contributed by atoms with Gasteiger partial charge in [0.2, 0.25) is 0 Å². The molecule has 25 heavy (non-hydrogen) atoms. The quantitative estimate of drug-likeness (QED) is 0.732. The van der Waals surface area contributed by atoms with Crippen LogP contribution in [-0.4, -0.2) is 41.7 Å². The number of benzene rings is 1. The number of rotatable bonds is 3. The minimum Gasteiger partial charge on any atom is -0.463 e. The summed E-state index contributed by atoms with van der Waals surface area (Å²) in [6, 6.07) is 7.38. The van der Waals surface area contributed by atoms with E-state index in [0.717, 1.165) is 6.07 Å². The average Bonchev–Trinajstić information content (AvgIpc) is 3.21. The number of halogens is 2. The van der Waals surface area contributed by atoms with Gasteiger partial charge in [0, 0.05) is 30.8 Å². The fourth-order valence-electron chi connectivity index (χ4n) is 3.09. The highest BCUT2D eigenvalue weighted by Crippen LogP contribution is 2.25. The second kappa shape index (κ2) is 6.33. The Morgan fingerprint density at radius 2 is 1.96 bits per heavy atom. The van der Waals surface area contributed by atoms with Crippen LogP contribution in [-0.2, 0) is 11.3 Å². The number of furan rings is 1. The molecule has 0 atom stereocenters. The molecule has 1 aliphatic rings. The van der Waals surface area contributed by atoms with E-state index in [0.29, 0.717) is 43.1 Å². The third-order valence-electron chi connectivity index (χ3n) is 4.40. The molecule has 1 saturated heterocycles. The van der Waals surface area contributed by atoms with Gasteiger partial charge in [-0.2, -0.15) is 0 Å². The van der Waals surface area contributed by atoms with Crippen molar-refractivity contribution in [2.24, 2.45) is 0 Å². The van der Waals surface area contributed by atoms with Crippen LogP contribution in [0.15, 0.2) is 41.0 Å². The van der Waals surface area contributed by atoms with Crippen LogP contribution in [0.25, 0.3) is 11.1 Å². The summed E-state index contributed by atoms with van der Waals surface area (Å²) in [6.45, 7) is 2.01. The largest absolute Gasteiger partial charge is 0.463 e. The molecular weight excluding hydrogens is 330 g/mol. The molecule has 0 radical (unpaired) electrons. The first kappa shape index (κ1) is 15.8. The van der Waals surface area contributed by atoms with Crippen LogP contribution in [0.4, 0.5) is 8.78 Å². The first-order valence-electron chi connectivity index (χ1n) is 8.02. The Morgan fingerprint density at radius 3 is 2.76 bits per heavy atom. The van der Waals surface area contributed by atoms with Crippen molar-refractivity contribution in [2.75, 3.05) is 26.3 Å². The molecular formula is C18H16F2N2O3. The van der Waals surface area contributed by atoms with Gasteiger partial charge >= 0.3 is 0 Å². The number of morpholine rings is 1. The van der Waals surface area contributed by atoms with Crippen molar-refractivity contribution in [3.8, 4) is 0 Å². The van der Waals surface area contributed by atoms with Gasteiger partial charge in [-0.1, -0.05) is 12.1 Å². The highest BCUT2D eigenvalue weighted by atomic mass is 19.2. The first-order chi connectivity index (χ1) is 12.1. The van der Waals surface area contributed by atoms with E-state index in [9.17, 15) is 13.6 Å². The molecule has 1 aliphatic heterocycles. The third-order valence-corrected chi connectivity index (χ3v) is 4.40. The van der Waals surface area contributed by atoms with Crippen molar-refractivity contribution < 1.29 is 22.7 Å². The fraction of sp³-hybridized carbons (Fsp3) is 0.278. The van der Waals surface area contributed by atoms with Crippen molar-refractivity contribution in [3.05, 3.63) is 59.5 Å². The molecule has 1 fully saturated rings. The van der Waals surface area contributed by atoms with Gasteiger partial charge in [-0.3, -0.25) is 4.79 Å². The Balaban J connectivity index is 1.75. The zero-order valence-corrected chi connectivity index (χ0v) is 13.4. The van der Waals surface area contributed by atoms with Crippen LogP contribution in [0.3, 0.4) is 0 Å². The minimum absolute atomic E-state index is 0.0397. The summed E-state index contributed by atoms with van der Waals surface area (Å²) >= 11 is 0. The van der Waals surface area contributed by atoms with Crippen molar-refractivity contribution >= 4 is 17.0 Å². The van der Waals surface area contributed by atoms with Crippen LogP contribution in [0.1, 0.15) is 16.1 Å². The second-order valence-electron chi connectivity index (χ2n) is 5.90. The smallest absolute Gasteiger partial charge is 0.270 e. The van der Waals surface area contributed by atoms with Crippen molar-refractivity contribution in [2.45, 2.75) is 6.54 Å². The van der Waals surface area contributed by atoms with E-state index in [1.165, 1.54) is 18.4 Å². The maximum absolute atomic E-state index is 14.1.